The SMILES string of the molecule is O=C(NC[C@H](O)Cc1ccccc1)N[C@H]1CCC[C@H](C(F)(F)F)C1. The smallest absolute Gasteiger partial charge is 0.391 e. The number of carbonyl (C=O) groups excluding carboxylic acids is 1. The summed E-state index contributed by atoms with van der Waals surface area (Å²) in [7, 11) is 0. The van der Waals surface area contributed by atoms with Crippen LogP contribution in [0.2, 0.25) is 0 Å². The van der Waals surface area contributed by atoms with Crippen LogP contribution in [0.15, 0.2) is 30.3 Å². The second-order valence-corrected chi connectivity index (χ2v) is 6.30. The molecular weight excluding hydrogens is 321 g/mol. The van der Waals surface area contributed by atoms with Crippen LogP contribution in [0.3, 0.4) is 0 Å². The summed E-state index contributed by atoms with van der Waals surface area (Å²) in [6.45, 7) is 0.0517. The number of amides is 2. The van der Waals surface area contributed by atoms with Gasteiger partial charge in [0.2, 0.25) is 0 Å². The number of alkyl halides is 3. The van der Waals surface area contributed by atoms with Crippen LogP contribution in [0.25, 0.3) is 0 Å². The van der Waals surface area contributed by atoms with Crippen molar-refractivity contribution in [2.45, 2.75) is 50.4 Å². The fraction of sp³-hybridized carbons (Fsp3) is 0.588. The quantitative estimate of drug-likeness (QED) is 0.769. The average Bonchev–Trinajstić information content (AvgIpc) is 2.53. The van der Waals surface area contributed by atoms with Crippen LogP contribution in [0.1, 0.15) is 31.2 Å². The monoisotopic (exact) mass is 344 g/mol. The molecule has 0 unspecified atom stereocenters. The van der Waals surface area contributed by atoms with Gasteiger partial charge in [-0.1, -0.05) is 36.8 Å². The standard InChI is InChI=1S/C17H23F3N2O2/c18-17(19,20)13-7-4-8-14(10-13)22-16(24)21-11-15(23)9-12-5-2-1-3-6-12/h1-3,5-6,13-15,23H,4,7-11H2,(H2,21,22,24)/t13-,14-,15+/m0/s1. The lowest BCUT2D eigenvalue weighted by atomic mass is 9.85. The van der Waals surface area contributed by atoms with Gasteiger partial charge in [0.05, 0.1) is 12.0 Å². The number of halogens is 3. The molecular formula is C17H23F3N2O2. The Morgan fingerprint density at radius 2 is 1.96 bits per heavy atom. The maximum absolute atomic E-state index is 12.8. The molecule has 0 bridgehead atoms. The number of urea groups is 1. The van der Waals surface area contributed by atoms with Crippen molar-refractivity contribution in [3.8, 4) is 0 Å². The van der Waals surface area contributed by atoms with Crippen LogP contribution in [0, 0.1) is 5.92 Å². The van der Waals surface area contributed by atoms with Gasteiger partial charge in [-0.25, -0.2) is 4.79 Å². The van der Waals surface area contributed by atoms with Crippen LogP contribution in [0.5, 0.6) is 0 Å². The second-order valence-electron chi connectivity index (χ2n) is 6.30. The zero-order valence-electron chi connectivity index (χ0n) is 13.4. The third-order valence-corrected chi connectivity index (χ3v) is 4.28. The minimum absolute atomic E-state index is 0.0517. The van der Waals surface area contributed by atoms with Gasteiger partial charge in [0.15, 0.2) is 0 Å². The molecule has 0 aromatic heterocycles. The number of aliphatic hydroxyl groups excluding tert-OH is 1. The predicted octanol–water partition coefficient (Wildman–Crippen LogP) is 3.01. The molecule has 1 aromatic carbocycles. The van der Waals surface area contributed by atoms with Crippen LogP contribution in [-0.4, -0.2) is 36.0 Å². The van der Waals surface area contributed by atoms with Gasteiger partial charge in [0.25, 0.3) is 0 Å². The maximum atomic E-state index is 12.8. The van der Waals surface area contributed by atoms with Crippen molar-refractivity contribution < 1.29 is 23.1 Å². The molecule has 24 heavy (non-hydrogen) atoms. The van der Waals surface area contributed by atoms with Gasteiger partial charge in [-0.2, -0.15) is 13.2 Å². The van der Waals surface area contributed by atoms with Crippen molar-refractivity contribution in [2.24, 2.45) is 5.92 Å². The second kappa shape index (κ2) is 8.37. The van der Waals surface area contributed by atoms with Gasteiger partial charge in [0.1, 0.15) is 0 Å². The molecule has 0 saturated heterocycles. The Morgan fingerprint density at radius 3 is 2.62 bits per heavy atom. The number of nitrogens with one attached hydrogen (secondary N) is 2. The zero-order valence-corrected chi connectivity index (χ0v) is 13.4. The Balaban J connectivity index is 1.71. The summed E-state index contributed by atoms with van der Waals surface area (Å²) in [6.07, 6.45) is -3.50. The normalized spacial score (nSPS) is 22.7. The first kappa shape index (κ1) is 18.6. The highest BCUT2D eigenvalue weighted by Crippen LogP contribution is 2.37. The van der Waals surface area contributed by atoms with Crippen LogP contribution in [-0.2, 0) is 6.42 Å². The van der Waals surface area contributed by atoms with Crippen molar-refractivity contribution in [1.82, 2.24) is 10.6 Å². The summed E-state index contributed by atoms with van der Waals surface area (Å²) >= 11 is 0. The molecule has 4 nitrogen and oxygen atoms in total. The first-order chi connectivity index (χ1) is 11.3. The van der Waals surface area contributed by atoms with E-state index in [0.29, 0.717) is 19.3 Å². The summed E-state index contributed by atoms with van der Waals surface area (Å²) < 4.78 is 38.3. The topological polar surface area (TPSA) is 61.4 Å². The highest BCUT2D eigenvalue weighted by molar-refractivity contribution is 5.74. The predicted molar refractivity (Wildman–Crippen MR) is 84.5 cm³/mol. The minimum atomic E-state index is -4.21. The molecule has 0 radical (unpaired) electrons. The summed E-state index contributed by atoms with van der Waals surface area (Å²) in [5, 5.41) is 15.0. The Morgan fingerprint density at radius 1 is 1.25 bits per heavy atom. The first-order valence-corrected chi connectivity index (χ1v) is 8.17. The molecule has 7 heteroatoms. The number of hydrogen-bond donors (Lipinski definition) is 3. The minimum Gasteiger partial charge on any atom is -0.391 e. The van der Waals surface area contributed by atoms with Gasteiger partial charge in [0, 0.05) is 19.0 Å². The first-order valence-electron chi connectivity index (χ1n) is 8.17. The van der Waals surface area contributed by atoms with Gasteiger partial charge in [-0.3, -0.25) is 0 Å². The van der Waals surface area contributed by atoms with E-state index in [1.807, 2.05) is 30.3 Å². The highest BCUT2D eigenvalue weighted by Gasteiger charge is 2.42. The van der Waals surface area contributed by atoms with E-state index in [9.17, 15) is 23.1 Å². The Kier molecular flexibility index (Phi) is 6.48. The lowest BCUT2D eigenvalue weighted by molar-refractivity contribution is -0.183. The van der Waals surface area contributed by atoms with Gasteiger partial charge < -0.3 is 15.7 Å². The molecule has 0 spiro atoms. The summed E-state index contributed by atoms with van der Waals surface area (Å²) in [4.78, 5) is 11.8. The van der Waals surface area contributed by atoms with Crippen LogP contribution in [0.4, 0.5) is 18.0 Å². The van der Waals surface area contributed by atoms with Gasteiger partial charge in [-0.15, -0.1) is 0 Å². The molecule has 0 heterocycles. The van der Waals surface area contributed by atoms with Crippen LogP contribution >= 0.6 is 0 Å². The van der Waals surface area contributed by atoms with Gasteiger partial charge in [-0.05, 0) is 24.8 Å². The summed E-state index contributed by atoms with van der Waals surface area (Å²) in [5.74, 6) is -1.35. The molecule has 3 atom stereocenters. The highest BCUT2D eigenvalue weighted by atomic mass is 19.4. The maximum Gasteiger partial charge on any atom is 0.391 e. The molecule has 1 fully saturated rings. The van der Waals surface area contributed by atoms with Crippen molar-refractivity contribution >= 4 is 6.03 Å². The van der Waals surface area contributed by atoms with E-state index in [4.69, 9.17) is 0 Å². The number of hydrogen-bond acceptors (Lipinski definition) is 2. The van der Waals surface area contributed by atoms with Crippen molar-refractivity contribution in [2.75, 3.05) is 6.54 Å². The fourth-order valence-corrected chi connectivity index (χ4v) is 3.02. The molecule has 1 saturated carbocycles. The molecule has 0 aliphatic heterocycles. The third kappa shape index (κ3) is 6.03. The van der Waals surface area contributed by atoms with Crippen molar-refractivity contribution in [1.29, 1.82) is 0 Å². The molecule has 2 rings (SSSR count). The summed E-state index contributed by atoms with van der Waals surface area (Å²) in [5.41, 5.74) is 0.951. The molecule has 3 N–H and O–H groups in total. The molecule has 1 aliphatic rings. The van der Waals surface area contributed by atoms with E-state index < -0.39 is 30.3 Å². The average molecular weight is 344 g/mol. The van der Waals surface area contributed by atoms with Crippen molar-refractivity contribution in [3.63, 3.8) is 0 Å². The van der Waals surface area contributed by atoms with E-state index in [1.54, 1.807) is 0 Å². The number of rotatable bonds is 5. The Labute approximate surface area is 139 Å². The van der Waals surface area contributed by atoms with E-state index in [-0.39, 0.29) is 19.4 Å². The van der Waals surface area contributed by atoms with E-state index in [0.717, 1.165) is 5.56 Å². The van der Waals surface area contributed by atoms with Crippen molar-refractivity contribution in [3.05, 3.63) is 35.9 Å². The molecule has 1 aliphatic carbocycles. The van der Waals surface area contributed by atoms with Gasteiger partial charge >= 0.3 is 12.2 Å². The van der Waals surface area contributed by atoms with E-state index in [1.165, 1.54) is 0 Å². The lowest BCUT2D eigenvalue weighted by Gasteiger charge is -2.31. The number of carbonyl (C=O) groups is 1. The van der Waals surface area contributed by atoms with E-state index in [2.05, 4.69) is 10.6 Å². The number of aliphatic hydroxyl groups is 1. The Bertz CT molecular complexity index is 522. The van der Waals surface area contributed by atoms with Crippen LogP contribution < -0.4 is 10.6 Å². The fourth-order valence-electron chi connectivity index (χ4n) is 3.02. The lowest BCUT2D eigenvalue weighted by Crippen LogP contribution is -2.47. The number of benzene rings is 1. The largest absolute Gasteiger partial charge is 0.391 e. The molecule has 2 amide bonds. The summed E-state index contributed by atoms with van der Waals surface area (Å²) in [6, 6.07) is 8.35. The van der Waals surface area contributed by atoms with E-state index >= 15 is 0 Å². The third-order valence-electron chi connectivity index (χ3n) is 4.28. The molecule has 1 aromatic rings. The molecule has 134 valence electrons. The zero-order chi connectivity index (χ0) is 17.6. The Hall–Kier alpha value is -1.76.